The number of pyridine rings is 1. The lowest BCUT2D eigenvalue weighted by atomic mass is 10.1. The molecule has 0 radical (unpaired) electrons. The van der Waals surface area contributed by atoms with Crippen LogP contribution in [0.15, 0.2) is 91.3 Å². The first kappa shape index (κ1) is 24.2. The van der Waals surface area contributed by atoms with Crippen LogP contribution in [0.4, 0.5) is 0 Å². The molecule has 0 spiro atoms. The van der Waals surface area contributed by atoms with E-state index in [2.05, 4.69) is 94.3 Å². The predicted molar refractivity (Wildman–Crippen MR) is 150 cm³/mol. The third-order valence-electron chi connectivity index (χ3n) is 7.01. The van der Waals surface area contributed by atoms with Crippen molar-refractivity contribution >= 4 is 10.9 Å². The Morgan fingerprint density at radius 2 is 1.63 bits per heavy atom. The fraction of sp³-hybridized carbons (Fsp3) is 0.250. The average Bonchev–Trinajstić information content (AvgIpc) is 3.59. The second-order valence-corrected chi connectivity index (χ2v) is 9.81. The van der Waals surface area contributed by atoms with Crippen LogP contribution in [0.3, 0.4) is 0 Å². The lowest BCUT2D eigenvalue weighted by molar-refractivity contribution is 0.174. The molecule has 0 saturated carbocycles. The zero-order valence-electron chi connectivity index (χ0n) is 21.7. The molecule has 1 aliphatic rings. The zero-order valence-corrected chi connectivity index (χ0v) is 21.7. The van der Waals surface area contributed by atoms with Crippen LogP contribution in [-0.4, -0.2) is 26.2 Å². The van der Waals surface area contributed by atoms with E-state index in [-0.39, 0.29) is 6.79 Å². The Morgan fingerprint density at radius 1 is 0.816 bits per heavy atom. The Hall–Kier alpha value is -4.16. The van der Waals surface area contributed by atoms with Crippen molar-refractivity contribution in [2.75, 3.05) is 6.79 Å². The van der Waals surface area contributed by atoms with Crippen molar-refractivity contribution in [3.05, 3.63) is 108 Å². The monoisotopic (exact) mass is 504 g/mol. The van der Waals surface area contributed by atoms with E-state index < -0.39 is 0 Å². The molecule has 0 saturated heterocycles. The fourth-order valence-corrected chi connectivity index (χ4v) is 5.10. The van der Waals surface area contributed by atoms with Crippen LogP contribution < -0.4 is 9.47 Å². The summed E-state index contributed by atoms with van der Waals surface area (Å²) in [6.45, 7) is 5.84. The number of rotatable bonds is 10. The maximum absolute atomic E-state index is 5.66. The average molecular weight is 505 g/mol. The second kappa shape index (κ2) is 11.1. The number of unbranched alkanes of at least 4 members (excludes halogenated alkanes) is 1. The Labute approximate surface area is 223 Å². The van der Waals surface area contributed by atoms with Crippen molar-refractivity contribution in [3.8, 4) is 22.9 Å². The maximum atomic E-state index is 5.66. The molecule has 38 heavy (non-hydrogen) atoms. The van der Waals surface area contributed by atoms with E-state index in [1.54, 1.807) is 0 Å². The third kappa shape index (κ3) is 5.27. The van der Waals surface area contributed by atoms with Crippen LogP contribution >= 0.6 is 0 Å². The maximum Gasteiger partial charge on any atom is 0.231 e. The molecule has 0 N–H and O–H groups in total. The molecular weight excluding hydrogens is 472 g/mol. The van der Waals surface area contributed by atoms with E-state index in [0.717, 1.165) is 72.8 Å². The van der Waals surface area contributed by atoms with Gasteiger partial charge in [-0.2, -0.15) is 0 Å². The van der Waals surface area contributed by atoms with Gasteiger partial charge in [0, 0.05) is 43.3 Å². The number of hydrogen-bond acceptors (Lipinski definition) is 5. The topological polar surface area (TPSA) is 52.4 Å². The van der Waals surface area contributed by atoms with Crippen molar-refractivity contribution in [2.24, 2.45) is 0 Å². The normalized spacial score (nSPS) is 12.5. The Kier molecular flexibility index (Phi) is 7.05. The number of imidazole rings is 1. The molecule has 5 aromatic rings. The number of nitrogens with zero attached hydrogens (tertiary/aromatic N) is 4. The molecule has 6 heteroatoms. The number of ether oxygens (including phenoxy) is 2. The number of aromatic nitrogens is 3. The second-order valence-electron chi connectivity index (χ2n) is 9.81. The number of benzene rings is 3. The molecule has 6 rings (SSSR count). The summed E-state index contributed by atoms with van der Waals surface area (Å²) in [5.41, 5.74) is 5.84. The molecule has 2 aromatic heterocycles. The lowest BCUT2D eigenvalue weighted by Crippen LogP contribution is -2.24. The van der Waals surface area contributed by atoms with Gasteiger partial charge in [0.1, 0.15) is 5.82 Å². The van der Waals surface area contributed by atoms with Gasteiger partial charge in [0.25, 0.3) is 0 Å². The van der Waals surface area contributed by atoms with E-state index in [1.165, 1.54) is 16.8 Å². The van der Waals surface area contributed by atoms with Crippen LogP contribution in [0.25, 0.3) is 22.3 Å². The van der Waals surface area contributed by atoms with Crippen molar-refractivity contribution in [3.63, 3.8) is 0 Å². The molecule has 0 aliphatic carbocycles. The molecule has 0 bridgehead atoms. The minimum Gasteiger partial charge on any atom is -0.454 e. The largest absolute Gasteiger partial charge is 0.454 e. The van der Waals surface area contributed by atoms with Gasteiger partial charge in [-0.3, -0.25) is 9.88 Å². The van der Waals surface area contributed by atoms with Crippen molar-refractivity contribution in [1.29, 1.82) is 0 Å². The van der Waals surface area contributed by atoms with Crippen LogP contribution in [0.2, 0.25) is 0 Å². The van der Waals surface area contributed by atoms with Gasteiger partial charge in [-0.25, -0.2) is 4.98 Å². The molecular formula is C32H32N4O2. The van der Waals surface area contributed by atoms with Crippen LogP contribution in [0.1, 0.15) is 36.6 Å². The molecule has 0 amide bonds. The van der Waals surface area contributed by atoms with Crippen LogP contribution in [0.5, 0.6) is 11.5 Å². The highest BCUT2D eigenvalue weighted by Crippen LogP contribution is 2.33. The quantitative estimate of drug-likeness (QED) is 0.209. The van der Waals surface area contributed by atoms with Crippen molar-refractivity contribution in [2.45, 2.75) is 45.9 Å². The molecule has 0 atom stereocenters. The molecule has 3 aromatic carbocycles. The summed E-state index contributed by atoms with van der Waals surface area (Å²) in [5, 5.41) is 1.16. The summed E-state index contributed by atoms with van der Waals surface area (Å²) in [6, 6.07) is 27.4. The first-order chi connectivity index (χ1) is 18.8. The first-order valence-corrected chi connectivity index (χ1v) is 13.3. The minimum atomic E-state index is 0.284. The van der Waals surface area contributed by atoms with Gasteiger partial charge in [0.15, 0.2) is 11.5 Å². The minimum absolute atomic E-state index is 0.284. The lowest BCUT2D eigenvalue weighted by Gasteiger charge is -2.24. The molecule has 1 aliphatic heterocycles. The first-order valence-electron chi connectivity index (χ1n) is 13.3. The summed E-state index contributed by atoms with van der Waals surface area (Å²) in [7, 11) is 0. The Bertz CT molecular complexity index is 1530. The van der Waals surface area contributed by atoms with Gasteiger partial charge in [-0.15, -0.1) is 0 Å². The Balaban J connectivity index is 1.32. The van der Waals surface area contributed by atoms with E-state index >= 15 is 0 Å². The molecule has 0 fully saturated rings. The SMILES string of the molecule is CCCCn1c(CN(Cc2ccc3c(c2)OCO3)Cc2ccc3ncccc3c2)cnc1-c1ccccc1. The smallest absolute Gasteiger partial charge is 0.231 e. The molecule has 0 unspecified atom stereocenters. The van der Waals surface area contributed by atoms with E-state index in [0.29, 0.717) is 0 Å². The highest BCUT2D eigenvalue weighted by atomic mass is 16.7. The standard InChI is InChI=1S/C32H32N4O2/c1-2-3-16-36-28(19-34-32(36)26-8-5-4-6-9-26)22-35(21-25-12-14-30-31(18-25)38-23-37-30)20-24-11-13-29-27(17-24)10-7-15-33-29/h4-15,17-19H,2-3,16,20-23H2,1H3. The van der Waals surface area contributed by atoms with Gasteiger partial charge in [0.2, 0.25) is 6.79 Å². The number of fused-ring (bicyclic) bond motifs is 2. The van der Waals surface area contributed by atoms with Crippen molar-refractivity contribution in [1.82, 2.24) is 19.4 Å². The summed E-state index contributed by atoms with van der Waals surface area (Å²) in [4.78, 5) is 11.9. The van der Waals surface area contributed by atoms with Gasteiger partial charge in [0.05, 0.1) is 17.4 Å². The number of hydrogen-bond donors (Lipinski definition) is 0. The summed E-state index contributed by atoms with van der Waals surface area (Å²) in [6.07, 6.45) is 6.14. The van der Waals surface area contributed by atoms with Crippen molar-refractivity contribution < 1.29 is 9.47 Å². The highest BCUT2D eigenvalue weighted by molar-refractivity contribution is 5.78. The molecule has 3 heterocycles. The highest BCUT2D eigenvalue weighted by Gasteiger charge is 2.18. The van der Waals surface area contributed by atoms with Gasteiger partial charge >= 0.3 is 0 Å². The van der Waals surface area contributed by atoms with Gasteiger partial charge < -0.3 is 14.0 Å². The van der Waals surface area contributed by atoms with Gasteiger partial charge in [-0.1, -0.05) is 61.9 Å². The summed E-state index contributed by atoms with van der Waals surface area (Å²) < 4.78 is 13.6. The van der Waals surface area contributed by atoms with E-state index in [9.17, 15) is 0 Å². The summed E-state index contributed by atoms with van der Waals surface area (Å²) >= 11 is 0. The Morgan fingerprint density at radius 3 is 2.50 bits per heavy atom. The molecule has 192 valence electrons. The predicted octanol–water partition coefficient (Wildman–Crippen LogP) is 6.83. The third-order valence-corrected chi connectivity index (χ3v) is 7.01. The van der Waals surface area contributed by atoms with E-state index in [1.807, 2.05) is 18.3 Å². The molecule has 6 nitrogen and oxygen atoms in total. The van der Waals surface area contributed by atoms with E-state index in [4.69, 9.17) is 14.5 Å². The van der Waals surface area contributed by atoms with Gasteiger partial charge in [-0.05, 0) is 47.9 Å². The van der Waals surface area contributed by atoms with Crippen LogP contribution in [-0.2, 0) is 26.2 Å². The zero-order chi connectivity index (χ0) is 25.7. The fourth-order valence-electron chi connectivity index (χ4n) is 5.10. The summed E-state index contributed by atoms with van der Waals surface area (Å²) in [5.74, 6) is 2.67. The van der Waals surface area contributed by atoms with Crippen LogP contribution in [0, 0.1) is 0 Å².